The fraction of sp³-hybridized carbons (Fsp3) is 0.263. The predicted octanol–water partition coefficient (Wildman–Crippen LogP) is 2.21. The number of hydrogen-bond acceptors (Lipinski definition) is 4. The number of carboxylic acid groups (broad SMARTS) is 1. The Morgan fingerprint density at radius 3 is 2.38 bits per heavy atom. The SMILES string of the molecule is O=C(COCCOc1ccccc1)NCC(C(=O)O)c1ccc(F)cc1. The second kappa shape index (κ2) is 10.1. The molecule has 0 aliphatic carbocycles. The summed E-state index contributed by atoms with van der Waals surface area (Å²) < 4.78 is 23.5. The number of rotatable bonds is 10. The molecule has 2 N–H and O–H groups in total. The first-order valence-corrected chi connectivity index (χ1v) is 8.07. The fourth-order valence-electron chi connectivity index (χ4n) is 2.21. The van der Waals surface area contributed by atoms with E-state index in [9.17, 15) is 19.1 Å². The van der Waals surface area contributed by atoms with Gasteiger partial charge in [-0.2, -0.15) is 0 Å². The number of hydrogen-bond donors (Lipinski definition) is 2. The van der Waals surface area contributed by atoms with E-state index in [0.717, 1.165) is 0 Å². The molecular weight excluding hydrogens is 341 g/mol. The van der Waals surface area contributed by atoms with E-state index in [4.69, 9.17) is 9.47 Å². The van der Waals surface area contributed by atoms with Gasteiger partial charge in [-0.3, -0.25) is 9.59 Å². The van der Waals surface area contributed by atoms with Gasteiger partial charge < -0.3 is 19.9 Å². The largest absolute Gasteiger partial charge is 0.491 e. The molecule has 1 amide bonds. The molecule has 0 heterocycles. The van der Waals surface area contributed by atoms with Crippen LogP contribution in [-0.4, -0.2) is 43.3 Å². The number of para-hydroxylation sites is 1. The van der Waals surface area contributed by atoms with Gasteiger partial charge in [0.15, 0.2) is 0 Å². The van der Waals surface area contributed by atoms with Crippen LogP contribution in [0.1, 0.15) is 11.5 Å². The van der Waals surface area contributed by atoms with Gasteiger partial charge >= 0.3 is 5.97 Å². The summed E-state index contributed by atoms with van der Waals surface area (Å²) in [5.41, 5.74) is 0.413. The summed E-state index contributed by atoms with van der Waals surface area (Å²) >= 11 is 0. The molecule has 0 spiro atoms. The molecule has 2 aromatic rings. The summed E-state index contributed by atoms with van der Waals surface area (Å²) in [5, 5.41) is 11.8. The van der Waals surface area contributed by atoms with Gasteiger partial charge in [-0.05, 0) is 29.8 Å². The molecule has 2 aromatic carbocycles. The standard InChI is InChI=1S/C19H20FNO5/c20-15-8-6-14(7-9-15)17(19(23)24)12-21-18(22)13-25-10-11-26-16-4-2-1-3-5-16/h1-9,17H,10-13H2,(H,21,22)(H,23,24). The van der Waals surface area contributed by atoms with E-state index >= 15 is 0 Å². The lowest BCUT2D eigenvalue weighted by atomic mass is 9.99. The maximum Gasteiger partial charge on any atom is 0.312 e. The molecule has 0 saturated heterocycles. The molecule has 0 bridgehead atoms. The van der Waals surface area contributed by atoms with Crippen LogP contribution in [0, 0.1) is 5.82 Å². The average molecular weight is 361 g/mol. The first kappa shape index (κ1) is 19.4. The second-order valence-electron chi connectivity index (χ2n) is 5.46. The average Bonchev–Trinajstić information content (AvgIpc) is 2.63. The molecule has 0 fully saturated rings. The third-order valence-corrected chi connectivity index (χ3v) is 3.55. The van der Waals surface area contributed by atoms with Crippen molar-refractivity contribution >= 4 is 11.9 Å². The lowest BCUT2D eigenvalue weighted by molar-refractivity contribution is -0.138. The summed E-state index contributed by atoms with van der Waals surface area (Å²) in [6, 6.07) is 14.3. The molecule has 0 saturated carbocycles. The monoisotopic (exact) mass is 361 g/mol. The van der Waals surface area contributed by atoms with Gasteiger partial charge in [0.25, 0.3) is 0 Å². The van der Waals surface area contributed by atoms with Crippen LogP contribution in [0.2, 0.25) is 0 Å². The molecule has 7 heteroatoms. The molecule has 26 heavy (non-hydrogen) atoms. The Kier molecular flexibility index (Phi) is 7.57. The quantitative estimate of drug-likeness (QED) is 0.634. The van der Waals surface area contributed by atoms with Gasteiger partial charge in [0, 0.05) is 6.54 Å². The van der Waals surface area contributed by atoms with Crippen LogP contribution in [0.5, 0.6) is 5.75 Å². The zero-order valence-corrected chi connectivity index (χ0v) is 14.1. The number of amides is 1. The van der Waals surface area contributed by atoms with E-state index < -0.39 is 23.6 Å². The fourth-order valence-corrected chi connectivity index (χ4v) is 2.21. The molecule has 6 nitrogen and oxygen atoms in total. The molecule has 0 aliphatic heterocycles. The maximum atomic E-state index is 12.9. The highest BCUT2D eigenvalue weighted by Gasteiger charge is 2.20. The van der Waals surface area contributed by atoms with Gasteiger partial charge in [0.2, 0.25) is 5.91 Å². The Balaban J connectivity index is 1.68. The van der Waals surface area contributed by atoms with Gasteiger partial charge in [-0.25, -0.2) is 4.39 Å². The second-order valence-corrected chi connectivity index (χ2v) is 5.46. The van der Waals surface area contributed by atoms with Crippen molar-refractivity contribution in [1.29, 1.82) is 0 Å². The van der Waals surface area contributed by atoms with E-state index in [-0.39, 0.29) is 19.8 Å². The van der Waals surface area contributed by atoms with Gasteiger partial charge in [0.1, 0.15) is 24.8 Å². The molecule has 1 unspecified atom stereocenters. The number of ether oxygens (including phenoxy) is 2. The van der Waals surface area contributed by atoms with E-state index in [1.165, 1.54) is 24.3 Å². The van der Waals surface area contributed by atoms with Crippen molar-refractivity contribution in [3.8, 4) is 5.75 Å². The highest BCUT2D eigenvalue weighted by Crippen LogP contribution is 2.16. The number of nitrogens with one attached hydrogen (secondary N) is 1. The number of benzene rings is 2. The van der Waals surface area contributed by atoms with Crippen molar-refractivity contribution in [2.75, 3.05) is 26.4 Å². The molecule has 0 radical (unpaired) electrons. The zero-order valence-electron chi connectivity index (χ0n) is 14.1. The number of aliphatic carboxylic acids is 1. The van der Waals surface area contributed by atoms with Crippen LogP contribution >= 0.6 is 0 Å². The molecule has 0 aliphatic rings. The summed E-state index contributed by atoms with van der Waals surface area (Å²) in [6.07, 6.45) is 0. The Hall–Kier alpha value is -2.93. The normalized spacial score (nSPS) is 11.6. The first-order chi connectivity index (χ1) is 12.6. The number of halogens is 1. The highest BCUT2D eigenvalue weighted by atomic mass is 19.1. The minimum atomic E-state index is -1.10. The van der Waals surface area contributed by atoms with Crippen LogP contribution < -0.4 is 10.1 Å². The van der Waals surface area contributed by atoms with Crippen molar-refractivity contribution in [3.63, 3.8) is 0 Å². The Bertz CT molecular complexity index is 706. The number of carbonyl (C=O) groups excluding carboxylic acids is 1. The minimum absolute atomic E-state index is 0.107. The Labute approximate surface area is 150 Å². The minimum Gasteiger partial charge on any atom is -0.491 e. The van der Waals surface area contributed by atoms with Crippen molar-refractivity contribution in [1.82, 2.24) is 5.32 Å². The summed E-state index contributed by atoms with van der Waals surface area (Å²) in [7, 11) is 0. The van der Waals surface area contributed by atoms with E-state index in [2.05, 4.69) is 5.32 Å². The van der Waals surface area contributed by atoms with Gasteiger partial charge in [-0.1, -0.05) is 30.3 Å². The van der Waals surface area contributed by atoms with Gasteiger partial charge in [-0.15, -0.1) is 0 Å². The van der Waals surface area contributed by atoms with Crippen LogP contribution in [0.3, 0.4) is 0 Å². The topological polar surface area (TPSA) is 84.9 Å². The van der Waals surface area contributed by atoms with E-state index in [0.29, 0.717) is 17.9 Å². The smallest absolute Gasteiger partial charge is 0.312 e. The molecule has 0 aromatic heterocycles. The Morgan fingerprint density at radius 1 is 1.04 bits per heavy atom. The highest BCUT2D eigenvalue weighted by molar-refractivity contribution is 5.80. The zero-order chi connectivity index (χ0) is 18.8. The molecule has 2 rings (SSSR count). The van der Waals surface area contributed by atoms with Crippen molar-refractivity contribution in [2.24, 2.45) is 0 Å². The van der Waals surface area contributed by atoms with Crippen LogP contribution in [0.15, 0.2) is 54.6 Å². The van der Waals surface area contributed by atoms with Crippen LogP contribution in [-0.2, 0) is 14.3 Å². The third kappa shape index (κ3) is 6.52. The lowest BCUT2D eigenvalue weighted by Crippen LogP contribution is -2.34. The Morgan fingerprint density at radius 2 is 1.73 bits per heavy atom. The third-order valence-electron chi connectivity index (χ3n) is 3.55. The number of carboxylic acids is 1. The van der Waals surface area contributed by atoms with Crippen molar-refractivity contribution in [2.45, 2.75) is 5.92 Å². The van der Waals surface area contributed by atoms with Crippen LogP contribution in [0.25, 0.3) is 0 Å². The van der Waals surface area contributed by atoms with Gasteiger partial charge in [0.05, 0.1) is 12.5 Å². The summed E-state index contributed by atoms with van der Waals surface area (Å²) in [6.45, 7) is 0.213. The molecule has 1 atom stereocenters. The maximum absolute atomic E-state index is 12.9. The molecular formula is C19H20FNO5. The van der Waals surface area contributed by atoms with Crippen molar-refractivity contribution in [3.05, 3.63) is 66.0 Å². The summed E-state index contributed by atoms with van der Waals surface area (Å²) in [5.74, 6) is -2.23. The summed E-state index contributed by atoms with van der Waals surface area (Å²) in [4.78, 5) is 23.1. The van der Waals surface area contributed by atoms with Crippen LogP contribution in [0.4, 0.5) is 4.39 Å². The first-order valence-electron chi connectivity index (χ1n) is 8.07. The lowest BCUT2D eigenvalue weighted by Gasteiger charge is -2.14. The van der Waals surface area contributed by atoms with Crippen molar-refractivity contribution < 1.29 is 28.6 Å². The van der Waals surface area contributed by atoms with E-state index in [1.807, 2.05) is 30.3 Å². The predicted molar refractivity (Wildman–Crippen MR) is 92.5 cm³/mol. The number of carbonyl (C=O) groups is 2. The molecule has 138 valence electrons. The van der Waals surface area contributed by atoms with E-state index in [1.54, 1.807) is 0 Å².